The molecule has 22 heavy (non-hydrogen) atoms. The number of amides is 1. The van der Waals surface area contributed by atoms with Crippen molar-refractivity contribution in [1.82, 2.24) is 9.78 Å². The minimum atomic E-state index is -0.645. The predicted octanol–water partition coefficient (Wildman–Crippen LogP) is 2.08. The predicted molar refractivity (Wildman–Crippen MR) is 80.2 cm³/mol. The Morgan fingerprint density at radius 1 is 1.41 bits per heavy atom. The summed E-state index contributed by atoms with van der Waals surface area (Å²) in [6, 6.07) is 6.42. The van der Waals surface area contributed by atoms with Crippen LogP contribution in [0.25, 0.3) is 0 Å². The van der Waals surface area contributed by atoms with E-state index in [2.05, 4.69) is 10.4 Å². The van der Waals surface area contributed by atoms with Gasteiger partial charge in [0.15, 0.2) is 0 Å². The molecule has 0 saturated heterocycles. The van der Waals surface area contributed by atoms with E-state index in [4.69, 9.17) is 11.6 Å². The van der Waals surface area contributed by atoms with Crippen LogP contribution in [0.2, 0.25) is 5.02 Å². The molecule has 0 atom stereocenters. The number of nitrogens with zero attached hydrogens (tertiary/aromatic N) is 3. The number of aryl methyl sites for hydroxylation is 1. The van der Waals surface area contributed by atoms with E-state index in [1.165, 1.54) is 24.3 Å². The van der Waals surface area contributed by atoms with Crippen molar-refractivity contribution < 1.29 is 9.72 Å². The molecular formula is C13H11ClN4O4. The summed E-state index contributed by atoms with van der Waals surface area (Å²) in [7, 11) is 0. The average Bonchev–Trinajstić information content (AvgIpc) is 2.49. The van der Waals surface area contributed by atoms with Crippen LogP contribution in [0.5, 0.6) is 0 Å². The Morgan fingerprint density at radius 2 is 2.14 bits per heavy atom. The van der Waals surface area contributed by atoms with Crippen molar-refractivity contribution in [2.45, 2.75) is 13.5 Å². The van der Waals surface area contributed by atoms with Gasteiger partial charge < -0.3 is 5.32 Å². The Morgan fingerprint density at radius 3 is 2.77 bits per heavy atom. The van der Waals surface area contributed by atoms with Crippen molar-refractivity contribution in [3.63, 3.8) is 0 Å². The Kier molecular flexibility index (Phi) is 4.52. The fraction of sp³-hybridized carbons (Fsp3) is 0.154. The summed E-state index contributed by atoms with van der Waals surface area (Å²) < 4.78 is 1.14. The topological polar surface area (TPSA) is 107 Å². The third-order valence-corrected chi connectivity index (χ3v) is 3.12. The number of nitrogens with one attached hydrogen (secondary N) is 1. The van der Waals surface area contributed by atoms with Crippen LogP contribution in [0.3, 0.4) is 0 Å². The zero-order valence-electron chi connectivity index (χ0n) is 11.4. The van der Waals surface area contributed by atoms with Crippen LogP contribution < -0.4 is 10.9 Å². The number of nitro groups is 1. The van der Waals surface area contributed by atoms with Gasteiger partial charge in [0.05, 0.1) is 4.92 Å². The molecule has 0 bridgehead atoms. The summed E-state index contributed by atoms with van der Waals surface area (Å²) in [6.07, 6.45) is 0. The van der Waals surface area contributed by atoms with E-state index in [1.54, 1.807) is 6.92 Å². The molecule has 1 heterocycles. The van der Waals surface area contributed by atoms with Gasteiger partial charge in [0.25, 0.3) is 17.2 Å². The van der Waals surface area contributed by atoms with E-state index in [1.807, 2.05) is 0 Å². The molecule has 1 N–H and O–H groups in total. The quantitative estimate of drug-likeness (QED) is 0.685. The molecule has 2 aromatic rings. The number of rotatable bonds is 4. The monoisotopic (exact) mass is 322 g/mol. The first-order valence-corrected chi connectivity index (χ1v) is 6.63. The molecule has 0 aliphatic carbocycles. The van der Waals surface area contributed by atoms with Gasteiger partial charge in [-0.25, -0.2) is 4.68 Å². The molecule has 1 aromatic carbocycles. The minimum Gasteiger partial charge on any atom is -0.320 e. The van der Waals surface area contributed by atoms with Gasteiger partial charge in [0.1, 0.15) is 10.7 Å². The molecule has 0 radical (unpaired) electrons. The van der Waals surface area contributed by atoms with Crippen molar-refractivity contribution in [3.05, 3.63) is 61.5 Å². The fourth-order valence-electron chi connectivity index (χ4n) is 1.72. The molecule has 0 spiro atoms. The summed E-state index contributed by atoms with van der Waals surface area (Å²) in [4.78, 5) is 33.7. The number of nitro benzene ring substituents is 1. The summed E-state index contributed by atoms with van der Waals surface area (Å²) in [5.74, 6) is -0.584. The summed E-state index contributed by atoms with van der Waals surface area (Å²) in [5.41, 5.74) is -0.400. The van der Waals surface area contributed by atoms with Gasteiger partial charge in [0.2, 0.25) is 0 Å². The average molecular weight is 323 g/mol. The highest BCUT2D eigenvalue weighted by Crippen LogP contribution is 2.27. The zero-order chi connectivity index (χ0) is 16.3. The molecule has 1 aromatic heterocycles. The lowest BCUT2D eigenvalue weighted by molar-refractivity contribution is -0.384. The molecular weight excluding hydrogens is 312 g/mol. The van der Waals surface area contributed by atoms with Gasteiger partial charge in [-0.3, -0.25) is 19.7 Å². The number of hydrogen-bond acceptors (Lipinski definition) is 5. The van der Waals surface area contributed by atoms with Crippen molar-refractivity contribution in [2.75, 3.05) is 5.32 Å². The lowest BCUT2D eigenvalue weighted by Gasteiger charge is -2.06. The lowest BCUT2D eigenvalue weighted by Crippen LogP contribution is -2.25. The molecule has 9 heteroatoms. The molecule has 0 aliphatic heterocycles. The van der Waals surface area contributed by atoms with Crippen LogP contribution in [0.15, 0.2) is 35.1 Å². The highest BCUT2D eigenvalue weighted by molar-refractivity contribution is 6.32. The third kappa shape index (κ3) is 3.29. The van der Waals surface area contributed by atoms with E-state index >= 15 is 0 Å². The molecule has 0 unspecified atom stereocenters. The summed E-state index contributed by atoms with van der Waals surface area (Å²) in [5, 5.41) is 17.1. The zero-order valence-corrected chi connectivity index (χ0v) is 12.2. The Bertz CT molecular complexity index is 803. The Hall–Kier alpha value is -2.74. The lowest BCUT2D eigenvalue weighted by atomic mass is 10.2. The molecule has 2 rings (SSSR count). The number of aromatic nitrogens is 2. The fourth-order valence-corrected chi connectivity index (χ4v) is 1.91. The van der Waals surface area contributed by atoms with Crippen molar-refractivity contribution in [2.24, 2.45) is 0 Å². The number of anilines is 1. The van der Waals surface area contributed by atoms with Gasteiger partial charge in [0, 0.05) is 24.4 Å². The van der Waals surface area contributed by atoms with Crippen LogP contribution in [0.1, 0.15) is 17.4 Å². The van der Waals surface area contributed by atoms with E-state index < -0.39 is 10.8 Å². The first-order chi connectivity index (χ1) is 10.4. The highest BCUT2D eigenvalue weighted by atomic mass is 35.5. The number of halogens is 1. The van der Waals surface area contributed by atoms with Crippen LogP contribution in [-0.2, 0) is 6.54 Å². The van der Waals surface area contributed by atoms with E-state index in [-0.39, 0.29) is 27.7 Å². The second kappa shape index (κ2) is 6.35. The maximum atomic E-state index is 12.1. The summed E-state index contributed by atoms with van der Waals surface area (Å²) >= 11 is 5.70. The molecule has 0 aliphatic rings. The highest BCUT2D eigenvalue weighted by Gasteiger charge is 2.15. The molecule has 8 nitrogen and oxygen atoms in total. The maximum absolute atomic E-state index is 12.1. The molecule has 114 valence electrons. The standard InChI is InChI=1S/C13H11ClN4O4/c1-2-17-12(19)6-5-10(16-17)13(20)15-8-3-4-9(14)11(7-8)18(21)22/h3-7H,2H2,1H3,(H,15,20). The van der Waals surface area contributed by atoms with Crippen LogP contribution in [-0.4, -0.2) is 20.6 Å². The molecule has 0 fully saturated rings. The van der Waals surface area contributed by atoms with Gasteiger partial charge in [-0.15, -0.1) is 0 Å². The third-order valence-electron chi connectivity index (χ3n) is 2.80. The molecule has 0 saturated carbocycles. The number of carbonyl (C=O) groups excluding carboxylic acids is 1. The van der Waals surface area contributed by atoms with Crippen LogP contribution >= 0.6 is 11.6 Å². The van der Waals surface area contributed by atoms with Crippen LogP contribution in [0.4, 0.5) is 11.4 Å². The number of hydrogen-bond donors (Lipinski definition) is 1. The van der Waals surface area contributed by atoms with Crippen molar-refractivity contribution in [1.29, 1.82) is 0 Å². The second-order valence-electron chi connectivity index (χ2n) is 4.25. The van der Waals surface area contributed by atoms with Gasteiger partial charge in [-0.2, -0.15) is 5.10 Å². The minimum absolute atomic E-state index is 0.0269. The Labute approximate surface area is 129 Å². The first kappa shape index (κ1) is 15.6. The van der Waals surface area contributed by atoms with Gasteiger partial charge in [-0.05, 0) is 25.1 Å². The maximum Gasteiger partial charge on any atom is 0.289 e. The SMILES string of the molecule is CCn1nc(C(=O)Nc2ccc(Cl)c([N+](=O)[O-])c2)ccc1=O. The Balaban J connectivity index is 2.27. The number of benzene rings is 1. The van der Waals surface area contributed by atoms with Crippen molar-refractivity contribution >= 4 is 28.9 Å². The largest absolute Gasteiger partial charge is 0.320 e. The molecule has 1 amide bonds. The van der Waals surface area contributed by atoms with E-state index in [0.717, 1.165) is 10.7 Å². The second-order valence-corrected chi connectivity index (χ2v) is 4.66. The number of carbonyl (C=O) groups is 1. The van der Waals surface area contributed by atoms with Gasteiger partial charge >= 0.3 is 0 Å². The normalized spacial score (nSPS) is 10.3. The first-order valence-electron chi connectivity index (χ1n) is 6.26. The van der Waals surface area contributed by atoms with Crippen LogP contribution in [0, 0.1) is 10.1 Å². The van der Waals surface area contributed by atoms with Gasteiger partial charge in [-0.1, -0.05) is 11.6 Å². The van der Waals surface area contributed by atoms with Crippen molar-refractivity contribution in [3.8, 4) is 0 Å². The van der Waals surface area contributed by atoms with E-state index in [0.29, 0.717) is 6.54 Å². The van der Waals surface area contributed by atoms with E-state index in [9.17, 15) is 19.7 Å². The smallest absolute Gasteiger partial charge is 0.289 e. The summed E-state index contributed by atoms with van der Waals surface area (Å²) in [6.45, 7) is 2.05.